The van der Waals surface area contributed by atoms with Crippen LogP contribution < -0.4 is 5.56 Å². The Hall–Kier alpha value is -2.20. The van der Waals surface area contributed by atoms with Crippen molar-refractivity contribution >= 4 is 39.2 Å². The van der Waals surface area contributed by atoms with Crippen molar-refractivity contribution in [2.75, 3.05) is 26.3 Å². The molecule has 0 bridgehead atoms. The second kappa shape index (κ2) is 10.0. The Morgan fingerprint density at radius 2 is 1.89 bits per heavy atom. The lowest BCUT2D eigenvalue weighted by Crippen LogP contribution is -2.44. The summed E-state index contributed by atoms with van der Waals surface area (Å²) in [5, 5.41) is 0.855. The maximum atomic E-state index is 14.1. The SMILES string of the molecule is Cc1ccc(-n2c(S[C@@H](C)C(=O)N3CCOCC3)nc3sc4c(c3c2=O)C[C@@H](C(C)C)OC4)cc1. The number of hydrogen-bond donors (Lipinski definition) is 0. The number of aromatic nitrogens is 2. The van der Waals surface area contributed by atoms with Crippen molar-refractivity contribution in [3.63, 3.8) is 0 Å². The summed E-state index contributed by atoms with van der Waals surface area (Å²) in [6.07, 6.45) is 0.809. The second-order valence-electron chi connectivity index (χ2n) is 9.55. The Labute approximate surface area is 213 Å². The molecule has 186 valence electrons. The van der Waals surface area contributed by atoms with Crippen LogP contribution in [0.5, 0.6) is 0 Å². The molecule has 4 heterocycles. The molecule has 1 fully saturated rings. The van der Waals surface area contributed by atoms with Gasteiger partial charge in [-0.15, -0.1) is 11.3 Å². The molecule has 0 N–H and O–H groups in total. The molecule has 1 amide bonds. The Morgan fingerprint density at radius 3 is 2.57 bits per heavy atom. The zero-order valence-corrected chi connectivity index (χ0v) is 22.2. The van der Waals surface area contributed by atoms with Crippen LogP contribution in [-0.4, -0.2) is 58.0 Å². The average molecular weight is 514 g/mol. The first-order valence-corrected chi connectivity index (χ1v) is 13.8. The van der Waals surface area contributed by atoms with Crippen molar-refractivity contribution in [2.24, 2.45) is 5.92 Å². The van der Waals surface area contributed by atoms with Gasteiger partial charge in [0.05, 0.1) is 42.2 Å². The lowest BCUT2D eigenvalue weighted by molar-refractivity contribution is -0.134. The molecule has 35 heavy (non-hydrogen) atoms. The van der Waals surface area contributed by atoms with Crippen LogP contribution in [0.2, 0.25) is 0 Å². The number of carbonyl (C=O) groups is 1. The fourth-order valence-electron chi connectivity index (χ4n) is 4.59. The molecule has 0 radical (unpaired) electrons. The van der Waals surface area contributed by atoms with Gasteiger partial charge in [-0.3, -0.25) is 14.2 Å². The summed E-state index contributed by atoms with van der Waals surface area (Å²) in [5.41, 5.74) is 2.87. The molecule has 0 spiro atoms. The number of morpholine rings is 1. The average Bonchev–Trinajstić information content (AvgIpc) is 3.23. The van der Waals surface area contributed by atoms with Gasteiger partial charge in [-0.2, -0.15) is 0 Å². The van der Waals surface area contributed by atoms with Gasteiger partial charge in [0, 0.05) is 24.4 Å². The lowest BCUT2D eigenvalue weighted by Gasteiger charge is -2.29. The van der Waals surface area contributed by atoms with E-state index in [0.717, 1.165) is 32.9 Å². The molecule has 1 aromatic carbocycles. The Bertz CT molecular complexity index is 1290. The number of thiophene rings is 1. The van der Waals surface area contributed by atoms with E-state index in [1.165, 1.54) is 23.1 Å². The molecule has 2 aliphatic heterocycles. The highest BCUT2D eigenvalue weighted by atomic mass is 32.2. The van der Waals surface area contributed by atoms with E-state index >= 15 is 0 Å². The van der Waals surface area contributed by atoms with Gasteiger partial charge in [0.15, 0.2) is 5.16 Å². The highest BCUT2D eigenvalue weighted by Gasteiger charge is 2.30. The van der Waals surface area contributed by atoms with Crippen LogP contribution in [0.4, 0.5) is 0 Å². The van der Waals surface area contributed by atoms with E-state index in [-0.39, 0.29) is 22.8 Å². The van der Waals surface area contributed by atoms with E-state index in [9.17, 15) is 9.59 Å². The number of rotatable bonds is 5. The standard InChI is InChI=1S/C26H31N3O4S2/c1-15(2)20-13-19-21(14-33-20)35-23-22(19)25(31)29(18-7-5-16(3)6-8-18)26(27-23)34-17(4)24(30)28-9-11-32-12-10-28/h5-8,15,17,20H,9-14H2,1-4H3/t17-,20-/m0/s1. The van der Waals surface area contributed by atoms with Gasteiger partial charge in [-0.25, -0.2) is 4.98 Å². The van der Waals surface area contributed by atoms with E-state index in [4.69, 9.17) is 14.5 Å². The molecule has 3 aromatic rings. The van der Waals surface area contributed by atoms with Gasteiger partial charge < -0.3 is 14.4 Å². The van der Waals surface area contributed by atoms with Crippen LogP contribution >= 0.6 is 23.1 Å². The molecule has 1 saturated heterocycles. The number of benzene rings is 1. The Balaban J connectivity index is 1.60. The third-order valence-electron chi connectivity index (χ3n) is 6.70. The van der Waals surface area contributed by atoms with E-state index in [0.29, 0.717) is 49.4 Å². The number of hydrogen-bond acceptors (Lipinski definition) is 7. The highest BCUT2D eigenvalue weighted by molar-refractivity contribution is 8.00. The van der Waals surface area contributed by atoms with Gasteiger partial charge in [0.25, 0.3) is 5.56 Å². The van der Waals surface area contributed by atoms with Crippen molar-refractivity contribution in [1.29, 1.82) is 0 Å². The van der Waals surface area contributed by atoms with Gasteiger partial charge in [-0.1, -0.05) is 43.3 Å². The molecule has 2 aliphatic rings. The summed E-state index contributed by atoms with van der Waals surface area (Å²) in [5.74, 6) is 0.411. The third kappa shape index (κ3) is 4.79. The topological polar surface area (TPSA) is 73.7 Å². The molecular formula is C26H31N3O4S2. The fraction of sp³-hybridized carbons (Fsp3) is 0.500. The number of aryl methyl sites for hydroxylation is 1. The van der Waals surface area contributed by atoms with Crippen LogP contribution in [0, 0.1) is 12.8 Å². The first-order valence-electron chi connectivity index (χ1n) is 12.1. The number of thioether (sulfide) groups is 1. The van der Waals surface area contributed by atoms with Crippen LogP contribution in [0.25, 0.3) is 15.9 Å². The van der Waals surface area contributed by atoms with Crippen molar-refractivity contribution in [3.8, 4) is 5.69 Å². The van der Waals surface area contributed by atoms with Gasteiger partial charge in [0.1, 0.15) is 4.83 Å². The van der Waals surface area contributed by atoms with Crippen molar-refractivity contribution in [2.45, 2.75) is 57.2 Å². The van der Waals surface area contributed by atoms with E-state index < -0.39 is 0 Å². The van der Waals surface area contributed by atoms with Gasteiger partial charge >= 0.3 is 0 Å². The number of nitrogens with zero attached hydrogens (tertiary/aromatic N) is 3. The van der Waals surface area contributed by atoms with Crippen LogP contribution in [0.3, 0.4) is 0 Å². The van der Waals surface area contributed by atoms with Gasteiger partial charge in [0.2, 0.25) is 5.91 Å². The maximum absolute atomic E-state index is 14.1. The summed E-state index contributed by atoms with van der Waals surface area (Å²) in [6.45, 7) is 11.0. The minimum Gasteiger partial charge on any atom is -0.378 e. The molecule has 5 rings (SSSR count). The second-order valence-corrected chi connectivity index (χ2v) is 11.9. The van der Waals surface area contributed by atoms with Crippen molar-refractivity contribution in [3.05, 3.63) is 50.6 Å². The number of fused-ring (bicyclic) bond motifs is 3. The summed E-state index contributed by atoms with van der Waals surface area (Å²) in [4.78, 5) is 35.8. The third-order valence-corrected chi connectivity index (χ3v) is 8.84. The largest absolute Gasteiger partial charge is 0.378 e. The monoisotopic (exact) mass is 513 g/mol. The predicted molar refractivity (Wildman–Crippen MR) is 140 cm³/mol. The van der Waals surface area contributed by atoms with Crippen LogP contribution in [0.1, 0.15) is 36.8 Å². The quantitative estimate of drug-likeness (QED) is 0.376. The zero-order chi connectivity index (χ0) is 24.7. The molecule has 0 unspecified atom stereocenters. The molecule has 9 heteroatoms. The Morgan fingerprint density at radius 1 is 1.17 bits per heavy atom. The van der Waals surface area contributed by atoms with Crippen molar-refractivity contribution in [1.82, 2.24) is 14.5 Å². The van der Waals surface area contributed by atoms with E-state index in [2.05, 4.69) is 13.8 Å². The van der Waals surface area contributed by atoms with Crippen LogP contribution in [-0.2, 0) is 27.3 Å². The summed E-state index contributed by atoms with van der Waals surface area (Å²) in [7, 11) is 0. The molecule has 0 aliphatic carbocycles. The molecular weight excluding hydrogens is 482 g/mol. The smallest absolute Gasteiger partial charge is 0.267 e. The number of amides is 1. The first-order chi connectivity index (χ1) is 16.8. The van der Waals surface area contributed by atoms with Crippen LogP contribution in [0.15, 0.2) is 34.2 Å². The predicted octanol–water partition coefficient (Wildman–Crippen LogP) is 4.19. The molecule has 7 nitrogen and oxygen atoms in total. The summed E-state index contributed by atoms with van der Waals surface area (Å²) in [6, 6.07) is 7.88. The fourth-order valence-corrected chi connectivity index (χ4v) is 6.76. The summed E-state index contributed by atoms with van der Waals surface area (Å²) >= 11 is 2.88. The van der Waals surface area contributed by atoms with Gasteiger partial charge in [-0.05, 0) is 37.5 Å². The number of carbonyl (C=O) groups excluding carboxylic acids is 1. The van der Waals surface area contributed by atoms with E-state index in [1.807, 2.05) is 43.0 Å². The first kappa shape index (κ1) is 24.5. The maximum Gasteiger partial charge on any atom is 0.267 e. The minimum atomic E-state index is -0.377. The van der Waals surface area contributed by atoms with E-state index in [1.54, 1.807) is 4.57 Å². The highest BCUT2D eigenvalue weighted by Crippen LogP contribution is 2.37. The number of ether oxygens (including phenoxy) is 2. The Kier molecular flexibility index (Phi) is 7.03. The lowest BCUT2D eigenvalue weighted by atomic mass is 9.96. The van der Waals surface area contributed by atoms with Crippen molar-refractivity contribution < 1.29 is 14.3 Å². The molecule has 2 aromatic heterocycles. The molecule has 0 saturated carbocycles. The zero-order valence-electron chi connectivity index (χ0n) is 20.6. The summed E-state index contributed by atoms with van der Waals surface area (Å²) < 4.78 is 13.1. The normalized spacial score (nSPS) is 19.2. The molecule has 2 atom stereocenters. The minimum absolute atomic E-state index is 0.0433.